The Hall–Kier alpha value is -2.41. The number of carbonyl (C=O) groups excluding carboxylic acids is 1. The standard InChI is InChI=1S/C17H17BrN2O4/c1-2-14(12-7-9-13(18)10-8-12)19-17(21)11-24-16-6-4-3-5-15(16)20(22)23/h3-10,14H,2,11H2,1H3,(H,19,21). The molecule has 2 aromatic rings. The molecular weight excluding hydrogens is 376 g/mol. The molecule has 2 rings (SSSR count). The summed E-state index contributed by atoms with van der Waals surface area (Å²) in [5.74, 6) is -0.253. The Morgan fingerprint density at radius 1 is 1.25 bits per heavy atom. The molecule has 2 aromatic carbocycles. The van der Waals surface area contributed by atoms with E-state index in [1.54, 1.807) is 12.1 Å². The Kier molecular flexibility index (Phi) is 6.31. The zero-order valence-corrected chi connectivity index (χ0v) is 14.7. The highest BCUT2D eigenvalue weighted by Crippen LogP contribution is 2.25. The summed E-state index contributed by atoms with van der Waals surface area (Å²) >= 11 is 3.37. The molecule has 0 bridgehead atoms. The van der Waals surface area contributed by atoms with E-state index in [0.717, 1.165) is 16.5 Å². The molecule has 0 aliphatic heterocycles. The van der Waals surface area contributed by atoms with E-state index in [0.29, 0.717) is 0 Å². The Balaban J connectivity index is 1.97. The van der Waals surface area contributed by atoms with E-state index in [9.17, 15) is 14.9 Å². The topological polar surface area (TPSA) is 81.5 Å². The van der Waals surface area contributed by atoms with Gasteiger partial charge in [0.05, 0.1) is 11.0 Å². The average molecular weight is 393 g/mol. The summed E-state index contributed by atoms with van der Waals surface area (Å²) in [5, 5.41) is 13.8. The van der Waals surface area contributed by atoms with Crippen LogP contribution in [0.25, 0.3) is 0 Å². The van der Waals surface area contributed by atoms with Crippen molar-refractivity contribution in [3.8, 4) is 5.75 Å². The molecule has 1 amide bonds. The maximum Gasteiger partial charge on any atom is 0.310 e. The van der Waals surface area contributed by atoms with E-state index in [-0.39, 0.29) is 30.0 Å². The van der Waals surface area contributed by atoms with E-state index in [4.69, 9.17) is 4.74 Å². The number of carbonyl (C=O) groups is 1. The number of para-hydroxylation sites is 2. The van der Waals surface area contributed by atoms with E-state index in [1.165, 1.54) is 12.1 Å². The quantitative estimate of drug-likeness (QED) is 0.570. The lowest BCUT2D eigenvalue weighted by Gasteiger charge is -2.17. The smallest absolute Gasteiger partial charge is 0.310 e. The van der Waals surface area contributed by atoms with Crippen molar-refractivity contribution in [2.45, 2.75) is 19.4 Å². The second kappa shape index (κ2) is 8.44. The number of nitro groups is 1. The summed E-state index contributed by atoms with van der Waals surface area (Å²) in [5.41, 5.74) is 0.824. The summed E-state index contributed by atoms with van der Waals surface area (Å²) in [7, 11) is 0. The van der Waals surface area contributed by atoms with Gasteiger partial charge in [-0.05, 0) is 30.2 Å². The van der Waals surface area contributed by atoms with Crippen LogP contribution in [0.1, 0.15) is 24.9 Å². The maximum absolute atomic E-state index is 12.1. The predicted octanol–water partition coefficient (Wildman–Crippen LogP) is 4.00. The highest BCUT2D eigenvalue weighted by molar-refractivity contribution is 9.10. The average Bonchev–Trinajstić information content (AvgIpc) is 2.59. The molecular formula is C17H17BrN2O4. The molecule has 0 aromatic heterocycles. The van der Waals surface area contributed by atoms with Crippen molar-refractivity contribution in [3.63, 3.8) is 0 Å². The minimum Gasteiger partial charge on any atom is -0.477 e. The molecule has 6 nitrogen and oxygen atoms in total. The molecule has 1 atom stereocenters. The van der Waals surface area contributed by atoms with Crippen molar-refractivity contribution in [1.82, 2.24) is 5.32 Å². The molecule has 0 saturated heterocycles. The van der Waals surface area contributed by atoms with E-state index in [1.807, 2.05) is 31.2 Å². The molecule has 0 heterocycles. The van der Waals surface area contributed by atoms with Gasteiger partial charge in [-0.2, -0.15) is 0 Å². The van der Waals surface area contributed by atoms with Gasteiger partial charge in [0.2, 0.25) is 0 Å². The van der Waals surface area contributed by atoms with Gasteiger partial charge in [-0.15, -0.1) is 0 Å². The van der Waals surface area contributed by atoms with Crippen molar-refractivity contribution in [2.24, 2.45) is 0 Å². The molecule has 0 fully saturated rings. The van der Waals surface area contributed by atoms with Gasteiger partial charge in [0.1, 0.15) is 0 Å². The molecule has 0 saturated carbocycles. The van der Waals surface area contributed by atoms with E-state index >= 15 is 0 Å². The van der Waals surface area contributed by atoms with Crippen LogP contribution in [0.4, 0.5) is 5.69 Å². The molecule has 24 heavy (non-hydrogen) atoms. The number of ether oxygens (including phenoxy) is 1. The van der Waals surface area contributed by atoms with Gasteiger partial charge in [-0.25, -0.2) is 0 Å². The van der Waals surface area contributed by atoms with Gasteiger partial charge in [-0.1, -0.05) is 47.1 Å². The molecule has 0 aliphatic carbocycles. The van der Waals surface area contributed by atoms with Gasteiger partial charge in [0, 0.05) is 10.5 Å². The number of halogens is 1. The third-order valence-corrected chi connectivity index (χ3v) is 3.97. The minimum atomic E-state index is -0.538. The summed E-state index contributed by atoms with van der Waals surface area (Å²) in [6.07, 6.45) is 0.721. The lowest BCUT2D eigenvalue weighted by Crippen LogP contribution is -2.32. The Labute approximate surface area is 148 Å². The summed E-state index contributed by atoms with van der Waals surface area (Å²) in [6, 6.07) is 13.5. The van der Waals surface area contributed by atoms with Gasteiger partial charge in [0.25, 0.3) is 5.91 Å². The Bertz CT molecular complexity index is 719. The number of rotatable bonds is 7. The zero-order chi connectivity index (χ0) is 17.5. The fourth-order valence-corrected chi connectivity index (χ4v) is 2.49. The first kappa shape index (κ1) is 17.9. The highest BCUT2D eigenvalue weighted by atomic mass is 79.9. The Morgan fingerprint density at radius 3 is 2.54 bits per heavy atom. The van der Waals surface area contributed by atoms with Crippen LogP contribution in [-0.4, -0.2) is 17.4 Å². The summed E-state index contributed by atoms with van der Waals surface area (Å²) in [6.45, 7) is 1.69. The number of nitrogens with zero attached hydrogens (tertiary/aromatic N) is 1. The minimum absolute atomic E-state index is 0.0781. The third kappa shape index (κ3) is 4.79. The van der Waals surface area contributed by atoms with Crippen LogP contribution in [0.15, 0.2) is 53.0 Å². The third-order valence-electron chi connectivity index (χ3n) is 3.44. The molecule has 7 heteroatoms. The molecule has 1 N–H and O–H groups in total. The highest BCUT2D eigenvalue weighted by Gasteiger charge is 2.17. The first-order chi connectivity index (χ1) is 11.5. The van der Waals surface area contributed by atoms with Crippen LogP contribution in [0.5, 0.6) is 5.75 Å². The monoisotopic (exact) mass is 392 g/mol. The zero-order valence-electron chi connectivity index (χ0n) is 13.1. The maximum atomic E-state index is 12.1. The van der Waals surface area contributed by atoms with Crippen LogP contribution < -0.4 is 10.1 Å². The van der Waals surface area contributed by atoms with Crippen molar-refractivity contribution < 1.29 is 14.5 Å². The van der Waals surface area contributed by atoms with Gasteiger partial charge in [-0.3, -0.25) is 14.9 Å². The normalized spacial score (nSPS) is 11.6. The first-order valence-corrected chi connectivity index (χ1v) is 8.21. The number of hydrogen-bond acceptors (Lipinski definition) is 4. The lowest BCUT2D eigenvalue weighted by atomic mass is 10.0. The Morgan fingerprint density at radius 2 is 1.92 bits per heavy atom. The van der Waals surface area contributed by atoms with Gasteiger partial charge < -0.3 is 10.1 Å². The second-order valence-electron chi connectivity index (χ2n) is 5.09. The first-order valence-electron chi connectivity index (χ1n) is 7.42. The van der Waals surface area contributed by atoms with Crippen LogP contribution in [0.3, 0.4) is 0 Å². The number of nitro benzene ring substituents is 1. The second-order valence-corrected chi connectivity index (χ2v) is 6.01. The molecule has 1 unspecified atom stereocenters. The molecule has 0 aliphatic rings. The van der Waals surface area contributed by atoms with Crippen LogP contribution in [-0.2, 0) is 4.79 Å². The van der Waals surface area contributed by atoms with E-state index in [2.05, 4.69) is 21.2 Å². The summed E-state index contributed by atoms with van der Waals surface area (Å²) < 4.78 is 6.26. The number of amides is 1. The SMILES string of the molecule is CCC(NC(=O)COc1ccccc1[N+](=O)[O-])c1ccc(Br)cc1. The fourth-order valence-electron chi connectivity index (χ4n) is 2.23. The van der Waals surface area contributed by atoms with Gasteiger partial charge in [0.15, 0.2) is 12.4 Å². The van der Waals surface area contributed by atoms with Crippen molar-refractivity contribution in [3.05, 3.63) is 68.7 Å². The fraction of sp³-hybridized carbons (Fsp3) is 0.235. The molecule has 0 radical (unpaired) electrons. The largest absolute Gasteiger partial charge is 0.477 e. The van der Waals surface area contributed by atoms with E-state index < -0.39 is 4.92 Å². The van der Waals surface area contributed by atoms with Crippen molar-refractivity contribution in [1.29, 1.82) is 0 Å². The van der Waals surface area contributed by atoms with Crippen LogP contribution in [0, 0.1) is 10.1 Å². The number of benzene rings is 2. The van der Waals surface area contributed by atoms with Crippen LogP contribution in [0.2, 0.25) is 0 Å². The predicted molar refractivity (Wildman–Crippen MR) is 93.9 cm³/mol. The summed E-state index contributed by atoms with van der Waals surface area (Å²) in [4.78, 5) is 22.5. The van der Waals surface area contributed by atoms with Gasteiger partial charge >= 0.3 is 5.69 Å². The molecule has 0 spiro atoms. The van der Waals surface area contributed by atoms with Crippen molar-refractivity contribution >= 4 is 27.5 Å². The van der Waals surface area contributed by atoms with Crippen molar-refractivity contribution in [2.75, 3.05) is 6.61 Å². The molecule has 126 valence electrons. The number of nitrogens with one attached hydrogen (secondary N) is 1. The number of hydrogen-bond donors (Lipinski definition) is 1. The van der Waals surface area contributed by atoms with Crippen LogP contribution >= 0.6 is 15.9 Å². The lowest BCUT2D eigenvalue weighted by molar-refractivity contribution is -0.385.